The average molecular weight is 1910 g/mol. The third-order valence-corrected chi connectivity index (χ3v) is 25.4. The fourth-order valence-corrected chi connectivity index (χ4v) is 17.5. The number of carbonyl (C=O) groups excluding carboxylic acids is 4. The van der Waals surface area contributed by atoms with E-state index in [-0.39, 0.29) is 53.5 Å². The van der Waals surface area contributed by atoms with Crippen molar-refractivity contribution < 1.29 is 89.4 Å². The smallest absolute Gasteiger partial charge is 0.317 e. The molecule has 0 aliphatic carbocycles. The van der Waals surface area contributed by atoms with E-state index in [1.165, 1.54) is 0 Å². The number of piperidine rings is 4. The fraction of sp³-hybridized carbons (Fsp3) is 0.423. The van der Waals surface area contributed by atoms with Crippen molar-refractivity contribution in [2.45, 2.75) is 213 Å². The summed E-state index contributed by atoms with van der Waals surface area (Å²) in [6.45, 7) is 24.8. The lowest BCUT2D eigenvalue weighted by atomic mass is 9.97. The van der Waals surface area contributed by atoms with Crippen molar-refractivity contribution in [2.24, 2.45) is 11.8 Å². The van der Waals surface area contributed by atoms with Crippen LogP contribution in [0.1, 0.15) is 175 Å². The summed E-state index contributed by atoms with van der Waals surface area (Å²) in [6, 6.07) is 52.2. The van der Waals surface area contributed by atoms with Gasteiger partial charge in [0.2, 0.25) is 0 Å². The Labute approximate surface area is 786 Å². The lowest BCUT2D eigenvalue weighted by Gasteiger charge is -2.41. The minimum atomic E-state index is -4.73. The maximum atomic E-state index is 13.9. The summed E-state index contributed by atoms with van der Waals surface area (Å²) >= 11 is 0. The first-order valence-corrected chi connectivity index (χ1v) is 46.1. The average Bonchev–Trinajstić information content (AvgIpc) is 0.884. The zero-order valence-electron chi connectivity index (χ0n) is 77.4. The monoisotopic (exact) mass is 1900 g/mol. The maximum Gasteiger partial charge on any atom is 0.416 e. The zero-order valence-corrected chi connectivity index (χ0v) is 77.4. The van der Waals surface area contributed by atoms with Gasteiger partial charge in [-0.3, -0.25) is 4.90 Å². The molecule has 0 spiro atoms. The highest BCUT2D eigenvalue weighted by molar-refractivity contribution is 5.92. The minimum Gasteiger partial charge on any atom is -0.317 e. The Bertz CT molecular complexity index is 5170. The van der Waals surface area contributed by atoms with E-state index in [0.717, 1.165) is 199 Å². The van der Waals surface area contributed by atoms with Gasteiger partial charge in [-0.15, -0.1) is 6.42 Å². The van der Waals surface area contributed by atoms with Crippen molar-refractivity contribution in [1.82, 2.24) is 39.2 Å². The van der Waals surface area contributed by atoms with Crippen LogP contribution in [0.25, 0.3) is 0 Å². The van der Waals surface area contributed by atoms with Crippen molar-refractivity contribution in [3.05, 3.63) is 297 Å². The summed E-state index contributed by atoms with van der Waals surface area (Å²) in [6.07, 6.45) is -4.01. The number of carbonyl (C=O) groups is 4. The highest BCUT2D eigenvalue weighted by Gasteiger charge is 2.40. The van der Waals surface area contributed by atoms with Gasteiger partial charge >= 0.3 is 48.8 Å². The number of rotatable bonds is 26. The molecule has 4 aliphatic rings. The second-order valence-corrected chi connectivity index (χ2v) is 35.4. The number of terminal acetylenes is 1. The lowest BCUT2D eigenvalue weighted by molar-refractivity contribution is -0.138. The standard InChI is InChI=1S/C29H27F4N3O.3C25H31F4N3O/c1-2-22-10-6-7-11-23(22)20-35-14-12-27(13-15-35)36(19-21-8-4-3-5-9-21)28(37)34-26-17-24(29(31,32)33)16-25(30)18-26;1-17(2)18(3)31-11-9-23(10-12-31)32(16-19-7-5-4-6-8-19)24(33)30-22-14-20(25(27,28)29)13-21(26)15-22;1-3-18(2)16-31-11-9-23(10-12-31)32(17-19-7-5-4-6-8-19)24(33)30-22-14-20(25(27,28)29)13-21(26)15-22;1-3-22(4-2)31-12-10-23(11-13-31)32(17-18-8-6-5-7-9-18)24(33)30-21-15-19(25(27,28)29)14-20(26)16-21/h1,3-11,16-18,27H,12-15,19-20H2,(H,34,37);4-8,13-15,17-18,23H,9-12,16H2,1-3H3,(H,30,33);4-8,13-15,18,23H,3,9-12,16-17H2,1-2H3,(H,30,33);5-9,14-16,22-23H,3-4,10-13,17H2,1-2H3,(H,30,33). The quantitative estimate of drug-likeness (QED) is 0.0310. The first kappa shape index (κ1) is 106. The van der Waals surface area contributed by atoms with Gasteiger partial charge in [0.05, 0.1) is 22.3 Å². The number of anilines is 4. The number of alkyl halides is 12. The largest absolute Gasteiger partial charge is 0.416 e. The van der Waals surface area contributed by atoms with Crippen molar-refractivity contribution in [3.63, 3.8) is 0 Å². The molecule has 0 saturated carbocycles. The van der Waals surface area contributed by atoms with E-state index in [0.29, 0.717) is 87.2 Å². The number of nitrogens with one attached hydrogen (secondary N) is 4. The molecule has 32 heteroatoms. The molecular formula is C104H120F16N12O4. The van der Waals surface area contributed by atoms with Crippen molar-refractivity contribution in [2.75, 3.05) is 80.2 Å². The Morgan fingerprint density at radius 2 is 0.625 bits per heavy atom. The molecule has 0 bridgehead atoms. The van der Waals surface area contributed by atoms with Gasteiger partial charge in [0.1, 0.15) is 23.3 Å². The number of urea groups is 4. The number of hydrogen-bond donors (Lipinski definition) is 4. The van der Waals surface area contributed by atoms with Gasteiger partial charge in [-0.25, -0.2) is 36.7 Å². The van der Waals surface area contributed by atoms with Crippen molar-refractivity contribution in [1.29, 1.82) is 0 Å². The van der Waals surface area contributed by atoms with E-state index in [1.54, 1.807) is 19.6 Å². The first-order chi connectivity index (χ1) is 64.6. The number of halogens is 16. The predicted octanol–water partition coefficient (Wildman–Crippen LogP) is 25.8. The second kappa shape index (κ2) is 49.9. The number of benzene rings is 9. The summed E-state index contributed by atoms with van der Waals surface area (Å²) in [7, 11) is 0. The summed E-state index contributed by atoms with van der Waals surface area (Å²) in [5, 5.41) is 9.99. The maximum absolute atomic E-state index is 13.9. The van der Waals surface area contributed by atoms with E-state index in [4.69, 9.17) is 6.42 Å². The van der Waals surface area contributed by atoms with E-state index < -0.39 is 94.4 Å². The predicted molar refractivity (Wildman–Crippen MR) is 499 cm³/mol. The molecule has 4 fully saturated rings. The molecule has 732 valence electrons. The van der Waals surface area contributed by atoms with E-state index in [1.807, 2.05) is 146 Å². The van der Waals surface area contributed by atoms with Gasteiger partial charge in [-0.05, 0) is 190 Å². The molecule has 0 radical (unpaired) electrons. The lowest BCUT2D eigenvalue weighted by Crippen LogP contribution is -2.50. The highest BCUT2D eigenvalue weighted by atomic mass is 19.4. The number of hydrogen-bond acceptors (Lipinski definition) is 8. The van der Waals surface area contributed by atoms with E-state index in [9.17, 15) is 89.4 Å². The van der Waals surface area contributed by atoms with Crippen LogP contribution in [-0.2, 0) is 57.4 Å². The van der Waals surface area contributed by atoms with Crippen LogP contribution in [-0.4, -0.2) is 158 Å². The molecule has 2 atom stereocenters. The minimum absolute atomic E-state index is 0.0611. The molecule has 9 aromatic carbocycles. The van der Waals surface area contributed by atoms with Crippen LogP contribution in [0.2, 0.25) is 0 Å². The topological polar surface area (TPSA) is 142 Å². The van der Waals surface area contributed by atoms with Crippen LogP contribution in [0.3, 0.4) is 0 Å². The van der Waals surface area contributed by atoms with Crippen LogP contribution in [0, 0.1) is 47.4 Å². The molecule has 9 aromatic rings. The zero-order chi connectivity index (χ0) is 98.6. The SMILES string of the molecule is C#Cc1ccccc1CN1CCC(N(Cc2ccccc2)C(=O)Nc2cc(F)cc(C(F)(F)F)c2)CC1.CC(C)C(C)N1CCC(N(Cc2ccccc2)C(=O)Nc2cc(F)cc(C(F)(F)F)c2)CC1.CCC(C)CN1CCC(N(Cc2ccccc2)C(=O)Nc2cc(F)cc(C(F)(F)F)c2)CC1.CCC(CC)N1CCC(N(Cc2ccccc2)C(=O)Nc2cc(F)cc(C(F)(F)F)c2)CC1. The molecule has 4 heterocycles. The van der Waals surface area contributed by atoms with Crippen LogP contribution >= 0.6 is 0 Å². The Hall–Kier alpha value is -11.7. The van der Waals surface area contributed by atoms with Crippen molar-refractivity contribution in [3.8, 4) is 12.3 Å². The molecular weight excluding hydrogens is 1790 g/mol. The number of amides is 8. The normalized spacial score (nSPS) is 15.8. The van der Waals surface area contributed by atoms with Gasteiger partial charge in [0.15, 0.2) is 0 Å². The Morgan fingerprint density at radius 1 is 0.360 bits per heavy atom. The molecule has 8 amide bonds. The van der Waals surface area contributed by atoms with Gasteiger partial charge < -0.3 is 55.6 Å². The summed E-state index contributed by atoms with van der Waals surface area (Å²) in [5.41, 5.74) is 0.138. The van der Waals surface area contributed by atoms with Gasteiger partial charge in [-0.2, -0.15) is 52.7 Å². The van der Waals surface area contributed by atoms with Crippen LogP contribution in [0.15, 0.2) is 218 Å². The Morgan fingerprint density at radius 3 is 0.890 bits per heavy atom. The highest BCUT2D eigenvalue weighted by Crippen LogP contribution is 2.38. The number of likely N-dealkylation sites (tertiary alicyclic amines) is 4. The third-order valence-electron chi connectivity index (χ3n) is 25.4. The summed E-state index contributed by atoms with van der Waals surface area (Å²) in [5.74, 6) is -0.393. The molecule has 4 aliphatic heterocycles. The fourth-order valence-electron chi connectivity index (χ4n) is 17.5. The second-order valence-electron chi connectivity index (χ2n) is 35.4. The molecule has 16 nitrogen and oxygen atoms in total. The molecule has 0 aromatic heterocycles. The van der Waals surface area contributed by atoms with E-state index >= 15 is 0 Å². The Balaban J connectivity index is 0.000000188. The van der Waals surface area contributed by atoms with Crippen LogP contribution < -0.4 is 21.3 Å². The van der Waals surface area contributed by atoms with Gasteiger partial charge in [0.25, 0.3) is 0 Å². The van der Waals surface area contributed by atoms with E-state index in [2.05, 4.69) is 95.3 Å². The molecule has 2 unspecified atom stereocenters. The molecule has 4 N–H and O–H groups in total. The van der Waals surface area contributed by atoms with Gasteiger partial charge in [0, 0.05) is 156 Å². The molecule has 13 rings (SSSR count). The number of nitrogens with zero attached hydrogens (tertiary/aromatic N) is 8. The molecule has 4 saturated heterocycles. The summed E-state index contributed by atoms with van der Waals surface area (Å²) < 4.78 is 213. The van der Waals surface area contributed by atoms with Crippen LogP contribution in [0.5, 0.6) is 0 Å². The molecule has 136 heavy (non-hydrogen) atoms. The summed E-state index contributed by atoms with van der Waals surface area (Å²) in [4.78, 5) is 69.1. The van der Waals surface area contributed by atoms with Crippen LogP contribution in [0.4, 0.5) is 112 Å². The third kappa shape index (κ3) is 32.5. The first-order valence-electron chi connectivity index (χ1n) is 46.1. The Kier molecular flexibility index (Phi) is 39.0. The van der Waals surface area contributed by atoms with Gasteiger partial charge in [-0.1, -0.05) is 193 Å². The van der Waals surface area contributed by atoms with Crippen molar-refractivity contribution >= 4 is 46.9 Å².